The number of anilines is 1. The van der Waals surface area contributed by atoms with Gasteiger partial charge in [0.15, 0.2) is 0 Å². The standard InChI is InChI=1S/C24H29N3O5S2/c1-16(2)27-20-9-7-18(15-22(20)33-24(27)29)25-23(28)11-6-17-14-19(8-10-21(17)32-3)34(30,31)26-12-4-5-13-26/h7-10,14-16H,4-6,11-13H2,1-3H3,(H,25,28). The Morgan fingerprint density at radius 3 is 2.56 bits per heavy atom. The summed E-state index contributed by atoms with van der Waals surface area (Å²) in [6.45, 7) is 4.99. The summed E-state index contributed by atoms with van der Waals surface area (Å²) < 4.78 is 35.3. The van der Waals surface area contributed by atoms with E-state index in [0.29, 0.717) is 36.5 Å². The second-order valence-corrected chi connectivity index (χ2v) is 11.6. The number of nitrogens with one attached hydrogen (secondary N) is 1. The van der Waals surface area contributed by atoms with E-state index in [4.69, 9.17) is 4.74 Å². The van der Waals surface area contributed by atoms with E-state index in [2.05, 4.69) is 5.32 Å². The van der Waals surface area contributed by atoms with Gasteiger partial charge in [-0.1, -0.05) is 11.3 Å². The lowest BCUT2D eigenvalue weighted by Crippen LogP contribution is -2.28. The number of carbonyl (C=O) groups is 1. The first kappa shape index (κ1) is 24.4. The fraction of sp³-hybridized carbons (Fsp3) is 0.417. The van der Waals surface area contributed by atoms with Gasteiger partial charge in [-0.3, -0.25) is 14.2 Å². The Morgan fingerprint density at radius 2 is 1.88 bits per heavy atom. The molecular formula is C24H29N3O5S2. The maximum Gasteiger partial charge on any atom is 0.308 e. The van der Waals surface area contributed by atoms with E-state index in [1.54, 1.807) is 28.8 Å². The van der Waals surface area contributed by atoms with Crippen LogP contribution in [0.15, 0.2) is 46.1 Å². The summed E-state index contributed by atoms with van der Waals surface area (Å²) in [7, 11) is -2.03. The fourth-order valence-corrected chi connectivity index (χ4v) is 6.88. The zero-order valence-corrected chi connectivity index (χ0v) is 21.2. The molecule has 1 saturated heterocycles. The number of benzene rings is 2. The maximum absolute atomic E-state index is 12.9. The molecule has 10 heteroatoms. The van der Waals surface area contributed by atoms with Crippen molar-refractivity contribution in [1.82, 2.24) is 8.87 Å². The molecule has 182 valence electrons. The Hall–Kier alpha value is -2.69. The van der Waals surface area contributed by atoms with Crippen molar-refractivity contribution < 1.29 is 17.9 Å². The Bertz CT molecular complexity index is 1370. The molecule has 1 aliphatic rings. The molecule has 34 heavy (non-hydrogen) atoms. The number of carbonyl (C=O) groups excluding carboxylic acids is 1. The van der Waals surface area contributed by atoms with Crippen LogP contribution >= 0.6 is 11.3 Å². The summed E-state index contributed by atoms with van der Waals surface area (Å²) in [5.41, 5.74) is 2.14. The van der Waals surface area contributed by atoms with Gasteiger partial charge in [-0.05, 0) is 75.1 Å². The molecule has 8 nitrogen and oxygen atoms in total. The summed E-state index contributed by atoms with van der Waals surface area (Å²) in [6, 6.07) is 10.3. The number of ether oxygens (including phenoxy) is 1. The smallest absolute Gasteiger partial charge is 0.308 e. The van der Waals surface area contributed by atoms with Gasteiger partial charge in [0.1, 0.15) is 5.75 Å². The van der Waals surface area contributed by atoms with Crippen molar-refractivity contribution in [3.63, 3.8) is 0 Å². The Balaban J connectivity index is 1.47. The zero-order chi connectivity index (χ0) is 24.5. The molecule has 0 aliphatic carbocycles. The minimum atomic E-state index is -3.55. The van der Waals surface area contributed by atoms with Crippen LogP contribution in [-0.2, 0) is 21.2 Å². The maximum atomic E-state index is 12.9. The van der Waals surface area contributed by atoms with Gasteiger partial charge >= 0.3 is 4.87 Å². The van der Waals surface area contributed by atoms with E-state index in [9.17, 15) is 18.0 Å². The van der Waals surface area contributed by atoms with Gasteiger partial charge in [0, 0.05) is 31.2 Å². The lowest BCUT2D eigenvalue weighted by atomic mass is 10.1. The first-order valence-electron chi connectivity index (χ1n) is 11.3. The Kier molecular flexibility index (Phi) is 7.11. The number of thiazole rings is 1. The molecular weight excluding hydrogens is 474 g/mol. The van der Waals surface area contributed by atoms with Crippen molar-refractivity contribution in [2.24, 2.45) is 0 Å². The topological polar surface area (TPSA) is 97.7 Å². The van der Waals surface area contributed by atoms with Crippen molar-refractivity contribution >= 4 is 43.2 Å². The highest BCUT2D eigenvalue weighted by Gasteiger charge is 2.27. The van der Waals surface area contributed by atoms with Crippen LogP contribution in [-0.4, -0.2) is 43.4 Å². The fourth-order valence-electron chi connectivity index (χ4n) is 4.26. The molecule has 0 bridgehead atoms. The number of hydrogen-bond acceptors (Lipinski definition) is 6. The van der Waals surface area contributed by atoms with Gasteiger partial charge in [-0.15, -0.1) is 0 Å². The van der Waals surface area contributed by atoms with E-state index in [1.807, 2.05) is 26.0 Å². The van der Waals surface area contributed by atoms with Crippen molar-refractivity contribution in [2.45, 2.75) is 50.5 Å². The van der Waals surface area contributed by atoms with Gasteiger partial charge in [-0.25, -0.2) is 8.42 Å². The summed E-state index contributed by atoms with van der Waals surface area (Å²) in [6.07, 6.45) is 2.23. The van der Waals surface area contributed by atoms with Crippen molar-refractivity contribution in [2.75, 3.05) is 25.5 Å². The number of hydrogen-bond donors (Lipinski definition) is 1. The van der Waals surface area contributed by atoms with E-state index < -0.39 is 10.0 Å². The van der Waals surface area contributed by atoms with E-state index in [0.717, 1.165) is 34.4 Å². The Morgan fingerprint density at radius 1 is 1.15 bits per heavy atom. The Labute approximate surface area is 203 Å². The lowest BCUT2D eigenvalue weighted by molar-refractivity contribution is -0.116. The monoisotopic (exact) mass is 503 g/mol. The predicted molar refractivity (Wildman–Crippen MR) is 134 cm³/mol. The average molecular weight is 504 g/mol. The van der Waals surface area contributed by atoms with Gasteiger partial charge in [0.05, 0.1) is 22.2 Å². The number of aryl methyl sites for hydroxylation is 1. The molecule has 0 saturated carbocycles. The minimum Gasteiger partial charge on any atom is -0.496 e. The number of rotatable bonds is 8. The number of amides is 1. The summed E-state index contributed by atoms with van der Waals surface area (Å²) in [4.78, 5) is 25.1. The molecule has 3 aromatic rings. The number of methoxy groups -OCH3 is 1. The van der Waals surface area contributed by atoms with E-state index in [1.165, 1.54) is 11.4 Å². The number of nitrogens with zero attached hydrogens (tertiary/aromatic N) is 2. The molecule has 0 unspecified atom stereocenters. The molecule has 1 amide bonds. The van der Waals surface area contributed by atoms with Gasteiger partial charge in [0.25, 0.3) is 0 Å². The molecule has 0 atom stereocenters. The van der Waals surface area contributed by atoms with Crippen LogP contribution in [0.4, 0.5) is 5.69 Å². The summed E-state index contributed by atoms with van der Waals surface area (Å²) in [5, 5.41) is 2.88. The number of sulfonamides is 1. The average Bonchev–Trinajstić information content (AvgIpc) is 3.45. The summed E-state index contributed by atoms with van der Waals surface area (Å²) in [5.74, 6) is 0.347. The molecule has 2 heterocycles. The first-order valence-corrected chi connectivity index (χ1v) is 13.6. The number of aromatic nitrogens is 1. The van der Waals surface area contributed by atoms with Crippen LogP contribution in [0, 0.1) is 0 Å². The molecule has 1 aliphatic heterocycles. The third kappa shape index (κ3) is 4.89. The van der Waals surface area contributed by atoms with Crippen molar-refractivity contribution in [1.29, 1.82) is 0 Å². The predicted octanol–water partition coefficient (Wildman–Crippen LogP) is 4.01. The van der Waals surface area contributed by atoms with Crippen LogP contribution in [0.5, 0.6) is 5.75 Å². The van der Waals surface area contributed by atoms with Crippen LogP contribution in [0.1, 0.15) is 44.7 Å². The van der Waals surface area contributed by atoms with Crippen LogP contribution in [0.25, 0.3) is 10.2 Å². The van der Waals surface area contributed by atoms with Crippen LogP contribution in [0.2, 0.25) is 0 Å². The van der Waals surface area contributed by atoms with Crippen LogP contribution in [0.3, 0.4) is 0 Å². The second-order valence-electron chi connectivity index (χ2n) is 8.65. The molecule has 1 N–H and O–H groups in total. The largest absolute Gasteiger partial charge is 0.496 e. The molecule has 0 spiro atoms. The lowest BCUT2D eigenvalue weighted by Gasteiger charge is -2.17. The minimum absolute atomic E-state index is 0.0238. The SMILES string of the molecule is COc1ccc(S(=O)(=O)N2CCCC2)cc1CCC(=O)Nc1ccc2c(c1)sc(=O)n2C(C)C. The van der Waals surface area contributed by atoms with Gasteiger partial charge in [-0.2, -0.15) is 4.31 Å². The third-order valence-electron chi connectivity index (χ3n) is 5.99. The third-order valence-corrected chi connectivity index (χ3v) is 8.80. The van der Waals surface area contributed by atoms with Gasteiger partial charge in [0.2, 0.25) is 15.9 Å². The van der Waals surface area contributed by atoms with Crippen molar-refractivity contribution in [3.05, 3.63) is 51.6 Å². The van der Waals surface area contributed by atoms with Crippen molar-refractivity contribution in [3.8, 4) is 5.75 Å². The highest BCUT2D eigenvalue weighted by atomic mass is 32.2. The molecule has 1 fully saturated rings. The molecule has 4 rings (SSSR count). The van der Waals surface area contributed by atoms with Gasteiger partial charge < -0.3 is 10.1 Å². The normalized spacial score (nSPS) is 14.7. The quantitative estimate of drug-likeness (QED) is 0.501. The van der Waals surface area contributed by atoms with E-state index in [-0.39, 0.29) is 28.1 Å². The first-order chi connectivity index (χ1) is 16.2. The molecule has 0 radical (unpaired) electrons. The molecule has 1 aromatic heterocycles. The molecule has 2 aromatic carbocycles. The summed E-state index contributed by atoms with van der Waals surface area (Å²) >= 11 is 1.16. The van der Waals surface area contributed by atoms with E-state index >= 15 is 0 Å². The highest BCUT2D eigenvalue weighted by molar-refractivity contribution is 7.89. The number of fused-ring (bicyclic) bond motifs is 1. The highest BCUT2D eigenvalue weighted by Crippen LogP contribution is 2.28. The van der Waals surface area contributed by atoms with Crippen LogP contribution < -0.4 is 14.9 Å². The second kappa shape index (κ2) is 9.89. The zero-order valence-electron chi connectivity index (χ0n) is 19.5.